The average Bonchev–Trinajstić information content (AvgIpc) is 3.17. The zero-order valence-electron chi connectivity index (χ0n) is 17.9. The normalized spacial score (nSPS) is 18.0. The van der Waals surface area contributed by atoms with Crippen molar-refractivity contribution in [2.24, 2.45) is 5.92 Å². The fourth-order valence-electron chi connectivity index (χ4n) is 3.86. The first-order valence-electron chi connectivity index (χ1n) is 10.00. The third kappa shape index (κ3) is 4.86. The molecule has 1 aliphatic rings. The van der Waals surface area contributed by atoms with Crippen LogP contribution in [0.15, 0.2) is 27.5 Å². The van der Waals surface area contributed by atoms with Gasteiger partial charge in [-0.05, 0) is 23.6 Å². The molecular weight excluding hydrogens is 451 g/mol. The van der Waals surface area contributed by atoms with Gasteiger partial charge in [-0.3, -0.25) is 0 Å². The van der Waals surface area contributed by atoms with Crippen molar-refractivity contribution in [1.29, 1.82) is 0 Å². The summed E-state index contributed by atoms with van der Waals surface area (Å²) in [7, 11) is -3.56. The van der Waals surface area contributed by atoms with Crippen molar-refractivity contribution in [1.82, 2.24) is 4.98 Å². The van der Waals surface area contributed by atoms with Crippen LogP contribution in [-0.2, 0) is 29.2 Å². The third-order valence-corrected chi connectivity index (χ3v) is 6.70. The van der Waals surface area contributed by atoms with E-state index in [2.05, 4.69) is 4.98 Å². The molecule has 178 valence electrons. The lowest BCUT2D eigenvalue weighted by atomic mass is 9.99. The van der Waals surface area contributed by atoms with Gasteiger partial charge in [0.1, 0.15) is 6.61 Å². The number of oxazole rings is 1. The number of aliphatic hydroxyl groups is 2. The highest BCUT2D eigenvalue weighted by Gasteiger charge is 2.41. The Bertz CT molecular complexity index is 1070. The summed E-state index contributed by atoms with van der Waals surface area (Å²) >= 11 is 0. The van der Waals surface area contributed by atoms with E-state index >= 15 is 0 Å². The van der Waals surface area contributed by atoms with Crippen LogP contribution in [0.2, 0.25) is 0 Å². The topological polar surface area (TPSA) is 107 Å². The molecule has 12 heteroatoms. The highest BCUT2D eigenvalue weighted by Crippen LogP contribution is 2.36. The van der Waals surface area contributed by atoms with Crippen LogP contribution in [-0.4, -0.2) is 55.5 Å². The molecule has 0 aliphatic carbocycles. The maximum Gasteiger partial charge on any atom is 0.437 e. The number of sulfone groups is 1. The number of nitrogens with zero attached hydrogens (tertiary/aromatic N) is 3. The Morgan fingerprint density at radius 2 is 1.91 bits per heavy atom. The minimum Gasteiger partial charge on any atom is -0.425 e. The summed E-state index contributed by atoms with van der Waals surface area (Å²) in [6.07, 6.45) is -3.68. The average molecular weight is 478 g/mol. The number of hydrogen-bond donors (Lipinski definition) is 2. The summed E-state index contributed by atoms with van der Waals surface area (Å²) in [6, 6.07) is 4.29. The van der Waals surface area contributed by atoms with Gasteiger partial charge < -0.3 is 24.4 Å². The molecule has 0 amide bonds. The zero-order chi connectivity index (χ0) is 23.8. The van der Waals surface area contributed by atoms with E-state index in [1.54, 1.807) is 17.0 Å². The van der Waals surface area contributed by atoms with Crippen LogP contribution >= 0.6 is 0 Å². The summed E-state index contributed by atoms with van der Waals surface area (Å²) in [5, 5.41) is 18.7. The second-order valence-electron chi connectivity index (χ2n) is 8.10. The Morgan fingerprint density at radius 3 is 2.41 bits per heavy atom. The molecular formula is C20H26F3N3O5S. The van der Waals surface area contributed by atoms with Crippen molar-refractivity contribution in [3.05, 3.63) is 35.2 Å². The Kier molecular flexibility index (Phi) is 6.78. The van der Waals surface area contributed by atoms with Gasteiger partial charge >= 0.3 is 6.18 Å². The number of hydrogen-bond acceptors (Lipinski definition) is 8. The maximum absolute atomic E-state index is 13.2. The van der Waals surface area contributed by atoms with Gasteiger partial charge in [0.2, 0.25) is 0 Å². The number of alkyl halides is 3. The van der Waals surface area contributed by atoms with Crippen molar-refractivity contribution in [2.45, 2.75) is 44.2 Å². The molecule has 2 heterocycles. The Morgan fingerprint density at radius 1 is 1.22 bits per heavy atom. The lowest BCUT2D eigenvalue weighted by molar-refractivity contribution is -0.142. The summed E-state index contributed by atoms with van der Waals surface area (Å²) in [5.74, 6) is -0.627. The first kappa shape index (κ1) is 24.3. The Balaban J connectivity index is 1.92. The molecule has 1 atom stereocenters. The van der Waals surface area contributed by atoms with E-state index < -0.39 is 40.7 Å². The highest BCUT2D eigenvalue weighted by atomic mass is 32.2. The van der Waals surface area contributed by atoms with E-state index in [1.165, 1.54) is 6.07 Å². The highest BCUT2D eigenvalue weighted by molar-refractivity contribution is 7.90. The maximum atomic E-state index is 13.2. The van der Waals surface area contributed by atoms with E-state index in [4.69, 9.17) is 4.42 Å². The first-order chi connectivity index (χ1) is 14.9. The molecule has 32 heavy (non-hydrogen) atoms. The predicted octanol–water partition coefficient (Wildman–Crippen LogP) is 2.43. The molecule has 0 spiro atoms. The number of rotatable bonds is 6. The van der Waals surface area contributed by atoms with Crippen molar-refractivity contribution in [3.8, 4) is 0 Å². The van der Waals surface area contributed by atoms with E-state index in [-0.39, 0.29) is 29.4 Å². The molecule has 2 N–H and O–H groups in total. The molecule has 0 saturated carbocycles. The second kappa shape index (κ2) is 8.91. The predicted molar refractivity (Wildman–Crippen MR) is 111 cm³/mol. The molecule has 2 aromatic rings. The van der Waals surface area contributed by atoms with Crippen LogP contribution in [0.5, 0.6) is 0 Å². The summed E-state index contributed by atoms with van der Waals surface area (Å²) in [5.41, 5.74) is -0.309. The lowest BCUT2D eigenvalue weighted by Crippen LogP contribution is -2.55. The number of halogens is 3. The van der Waals surface area contributed by atoms with Gasteiger partial charge in [-0.25, -0.2) is 8.42 Å². The van der Waals surface area contributed by atoms with Crippen LogP contribution in [0.1, 0.15) is 30.9 Å². The van der Waals surface area contributed by atoms with Gasteiger partial charge in [0.25, 0.3) is 6.01 Å². The van der Waals surface area contributed by atoms with E-state index in [1.807, 2.05) is 18.7 Å². The molecule has 3 rings (SSSR count). The quantitative estimate of drug-likeness (QED) is 0.654. The van der Waals surface area contributed by atoms with Gasteiger partial charge in [0.05, 0.1) is 17.5 Å². The molecule has 0 radical (unpaired) electrons. The fraction of sp³-hybridized carbons (Fsp3) is 0.550. The third-order valence-electron chi connectivity index (χ3n) is 5.52. The fourth-order valence-corrected chi connectivity index (χ4v) is 4.80. The van der Waals surface area contributed by atoms with Crippen molar-refractivity contribution in [2.75, 3.05) is 35.7 Å². The van der Waals surface area contributed by atoms with Gasteiger partial charge in [-0.1, -0.05) is 19.9 Å². The smallest absolute Gasteiger partial charge is 0.425 e. The van der Waals surface area contributed by atoms with Crippen LogP contribution in [0.4, 0.5) is 24.9 Å². The summed E-state index contributed by atoms with van der Waals surface area (Å²) in [4.78, 5) is 7.25. The van der Waals surface area contributed by atoms with Crippen LogP contribution in [0, 0.1) is 5.92 Å². The second-order valence-corrected chi connectivity index (χ2v) is 10.1. The SMILES string of the molecule is CC(C)[C@@H]1CN(c2ccc(CO)c(S(C)(=O)=O)c2)CCN1c1nc(C(F)(F)F)c(CO)o1. The largest absolute Gasteiger partial charge is 0.437 e. The van der Waals surface area contributed by atoms with E-state index in [0.29, 0.717) is 24.3 Å². The molecule has 1 aromatic heterocycles. The number of piperazine rings is 1. The standard InChI is InChI=1S/C20H26F3N3O5S/c1-12(2)15-9-25(14-5-4-13(10-27)17(8-14)32(3,29)30)6-7-26(15)19-24-18(20(21,22)23)16(11-28)31-19/h4-5,8,12,15,27-28H,6-7,9-11H2,1-3H3/t15-/m0/s1. The number of anilines is 2. The zero-order valence-corrected chi connectivity index (χ0v) is 18.7. The minimum absolute atomic E-state index is 0.00251. The summed E-state index contributed by atoms with van der Waals surface area (Å²) < 4.78 is 69.2. The van der Waals surface area contributed by atoms with Gasteiger partial charge in [-0.15, -0.1) is 0 Å². The number of aliphatic hydroxyl groups excluding tert-OH is 2. The molecule has 1 fully saturated rings. The monoisotopic (exact) mass is 477 g/mol. The number of aromatic nitrogens is 1. The molecule has 0 bridgehead atoms. The van der Waals surface area contributed by atoms with Crippen molar-refractivity contribution < 1.29 is 36.2 Å². The molecule has 0 unspecified atom stereocenters. The van der Waals surface area contributed by atoms with Gasteiger partial charge in [-0.2, -0.15) is 18.2 Å². The van der Waals surface area contributed by atoms with E-state index in [9.17, 15) is 31.8 Å². The van der Waals surface area contributed by atoms with Crippen molar-refractivity contribution in [3.63, 3.8) is 0 Å². The van der Waals surface area contributed by atoms with Crippen LogP contribution < -0.4 is 9.80 Å². The van der Waals surface area contributed by atoms with Crippen molar-refractivity contribution >= 4 is 21.5 Å². The molecule has 8 nitrogen and oxygen atoms in total. The Hall–Kier alpha value is -2.31. The molecule has 1 aromatic carbocycles. The van der Waals surface area contributed by atoms with Gasteiger partial charge in [0, 0.05) is 31.6 Å². The van der Waals surface area contributed by atoms with E-state index in [0.717, 1.165) is 6.26 Å². The Labute approximate surface area is 184 Å². The van der Waals surface area contributed by atoms with Gasteiger partial charge in [0.15, 0.2) is 21.3 Å². The lowest BCUT2D eigenvalue weighted by Gasteiger charge is -2.43. The summed E-state index contributed by atoms with van der Waals surface area (Å²) in [6.45, 7) is 3.54. The minimum atomic E-state index is -4.74. The van der Waals surface area contributed by atoms with Crippen LogP contribution in [0.25, 0.3) is 0 Å². The molecule has 1 saturated heterocycles. The number of benzene rings is 1. The molecule has 1 aliphatic heterocycles. The van der Waals surface area contributed by atoms with Crippen LogP contribution in [0.3, 0.4) is 0 Å². The first-order valence-corrected chi connectivity index (χ1v) is 11.9.